The van der Waals surface area contributed by atoms with Gasteiger partial charge < -0.3 is 24.3 Å². The van der Waals surface area contributed by atoms with Crippen LogP contribution in [0.25, 0.3) is 0 Å². The molecule has 0 bridgehead atoms. The van der Waals surface area contributed by atoms with E-state index in [1.165, 1.54) is 33.5 Å². The van der Waals surface area contributed by atoms with Crippen molar-refractivity contribution in [2.45, 2.75) is 6.10 Å². The summed E-state index contributed by atoms with van der Waals surface area (Å²) in [7, 11) is 0.359. The first-order chi connectivity index (χ1) is 14.7. The Balaban J connectivity index is 1.95. The second kappa shape index (κ2) is 8.72. The first kappa shape index (κ1) is 22.2. The number of para-hydroxylation sites is 2. The Labute approximate surface area is 179 Å². The molecule has 0 saturated carbocycles. The molecule has 1 aliphatic rings. The number of carbonyl (C=O) groups excluding carboxylic acids is 2. The number of hydrogen-bond donors (Lipinski definition) is 1. The van der Waals surface area contributed by atoms with Crippen molar-refractivity contribution >= 4 is 33.3 Å². The summed E-state index contributed by atoms with van der Waals surface area (Å²) < 4.78 is 46.6. The molecule has 1 N–H and O–H groups in total. The number of anilines is 2. The number of ether oxygens (including phenoxy) is 4. The van der Waals surface area contributed by atoms with E-state index < -0.39 is 28.0 Å². The topological polar surface area (TPSA) is 120 Å². The van der Waals surface area contributed by atoms with Gasteiger partial charge >= 0.3 is 5.97 Å². The van der Waals surface area contributed by atoms with E-state index in [0.29, 0.717) is 5.69 Å². The number of methoxy groups -OCH3 is 3. The minimum Gasteiger partial charge on any atom is -0.493 e. The maximum atomic E-state index is 13.0. The van der Waals surface area contributed by atoms with Crippen molar-refractivity contribution in [1.82, 2.24) is 0 Å². The average Bonchev–Trinajstić information content (AvgIpc) is 2.76. The van der Waals surface area contributed by atoms with Gasteiger partial charge in [0.15, 0.2) is 17.6 Å². The minimum absolute atomic E-state index is 0.0321. The number of benzene rings is 2. The number of amides is 1. The molecule has 1 heterocycles. The fraction of sp³-hybridized carbons (Fsp3) is 0.300. The lowest BCUT2D eigenvalue weighted by molar-refractivity contribution is -0.122. The van der Waals surface area contributed by atoms with Crippen molar-refractivity contribution in [3.63, 3.8) is 0 Å². The number of hydrogen-bond acceptors (Lipinski definition) is 8. The predicted molar refractivity (Wildman–Crippen MR) is 113 cm³/mol. The molecule has 31 heavy (non-hydrogen) atoms. The summed E-state index contributed by atoms with van der Waals surface area (Å²) in [5, 5.41) is 2.60. The molecule has 0 spiro atoms. The number of fused-ring (bicyclic) bond motifs is 1. The fourth-order valence-electron chi connectivity index (χ4n) is 3.13. The lowest BCUT2D eigenvalue weighted by Crippen LogP contribution is -2.48. The molecular weight excluding hydrogens is 428 g/mol. The molecule has 0 aromatic heterocycles. The van der Waals surface area contributed by atoms with Gasteiger partial charge in [-0.3, -0.25) is 9.10 Å². The van der Waals surface area contributed by atoms with Gasteiger partial charge in [-0.15, -0.1) is 0 Å². The molecule has 0 radical (unpaired) electrons. The molecule has 10 nitrogen and oxygen atoms in total. The van der Waals surface area contributed by atoms with Crippen LogP contribution >= 0.6 is 0 Å². The van der Waals surface area contributed by atoms with Crippen molar-refractivity contribution in [3.05, 3.63) is 42.0 Å². The SMILES string of the molecule is COC(=O)c1cc(OC)c(OC)cc1NC(=O)C1CN(S(C)(=O)=O)c2ccccc2O1. The highest BCUT2D eigenvalue weighted by Crippen LogP contribution is 2.36. The number of rotatable bonds is 6. The second-order valence-electron chi connectivity index (χ2n) is 6.60. The van der Waals surface area contributed by atoms with Gasteiger partial charge in [-0.2, -0.15) is 0 Å². The third-order valence-electron chi connectivity index (χ3n) is 4.61. The lowest BCUT2D eigenvalue weighted by Gasteiger charge is -2.33. The van der Waals surface area contributed by atoms with Gasteiger partial charge in [0, 0.05) is 12.1 Å². The highest BCUT2D eigenvalue weighted by molar-refractivity contribution is 7.92. The highest BCUT2D eigenvalue weighted by atomic mass is 32.2. The van der Waals surface area contributed by atoms with Gasteiger partial charge in [-0.1, -0.05) is 12.1 Å². The van der Waals surface area contributed by atoms with Crippen LogP contribution in [-0.2, 0) is 19.6 Å². The minimum atomic E-state index is -3.66. The fourth-order valence-corrected chi connectivity index (χ4v) is 4.04. The molecule has 0 aliphatic carbocycles. The Morgan fingerprint density at radius 1 is 1.10 bits per heavy atom. The Kier molecular flexibility index (Phi) is 6.25. The monoisotopic (exact) mass is 450 g/mol. The molecule has 1 amide bonds. The second-order valence-corrected chi connectivity index (χ2v) is 8.51. The molecular formula is C20H22N2O8S. The van der Waals surface area contributed by atoms with E-state index in [4.69, 9.17) is 18.9 Å². The summed E-state index contributed by atoms with van der Waals surface area (Å²) in [5.41, 5.74) is 0.475. The van der Waals surface area contributed by atoms with Crippen molar-refractivity contribution < 1.29 is 37.0 Å². The normalized spacial score (nSPS) is 15.4. The largest absolute Gasteiger partial charge is 0.493 e. The molecule has 0 saturated heterocycles. The molecule has 166 valence electrons. The van der Waals surface area contributed by atoms with Crippen molar-refractivity contribution in [2.75, 3.05) is 43.8 Å². The van der Waals surface area contributed by atoms with Crippen LogP contribution in [-0.4, -0.2) is 60.5 Å². The summed E-state index contributed by atoms with van der Waals surface area (Å²) in [5.74, 6) is -0.561. The Bertz CT molecular complexity index is 1120. The predicted octanol–water partition coefficient (Wildman–Crippen LogP) is 1.66. The first-order valence-electron chi connectivity index (χ1n) is 9.08. The van der Waals surface area contributed by atoms with E-state index >= 15 is 0 Å². The van der Waals surface area contributed by atoms with E-state index in [2.05, 4.69) is 5.32 Å². The standard InChI is InChI=1S/C20H22N2O8S/c1-27-16-9-12(20(24)29-3)13(10-17(16)28-2)21-19(23)18-11-22(31(4,25)26)14-7-5-6-8-15(14)30-18/h5-10,18H,11H2,1-4H3,(H,21,23). The third kappa shape index (κ3) is 4.50. The Morgan fingerprint density at radius 2 is 1.74 bits per heavy atom. The molecule has 3 rings (SSSR count). The van der Waals surface area contributed by atoms with Crippen LogP contribution in [0.2, 0.25) is 0 Å². The maximum absolute atomic E-state index is 13.0. The number of esters is 1. The van der Waals surface area contributed by atoms with Crippen LogP contribution < -0.4 is 23.8 Å². The highest BCUT2D eigenvalue weighted by Gasteiger charge is 2.35. The zero-order chi connectivity index (χ0) is 22.8. The van der Waals surface area contributed by atoms with E-state index in [-0.39, 0.29) is 35.0 Å². The summed E-state index contributed by atoms with van der Waals surface area (Å²) in [6.07, 6.45) is -0.114. The van der Waals surface area contributed by atoms with E-state index in [1.807, 2.05) is 0 Å². The van der Waals surface area contributed by atoms with Crippen molar-refractivity contribution in [1.29, 1.82) is 0 Å². The van der Waals surface area contributed by atoms with Crippen LogP contribution in [0.1, 0.15) is 10.4 Å². The van der Waals surface area contributed by atoms with Crippen molar-refractivity contribution in [3.8, 4) is 17.2 Å². The Morgan fingerprint density at radius 3 is 2.35 bits per heavy atom. The van der Waals surface area contributed by atoms with E-state index in [1.54, 1.807) is 24.3 Å². The molecule has 0 fully saturated rings. The van der Waals surface area contributed by atoms with Gasteiger partial charge in [0.25, 0.3) is 5.91 Å². The third-order valence-corrected chi connectivity index (χ3v) is 5.76. The first-order valence-corrected chi connectivity index (χ1v) is 10.9. The number of nitrogens with zero attached hydrogens (tertiary/aromatic N) is 1. The molecule has 2 aromatic carbocycles. The quantitative estimate of drug-likeness (QED) is 0.660. The number of sulfonamides is 1. The van der Waals surface area contributed by atoms with Crippen LogP contribution in [0.15, 0.2) is 36.4 Å². The van der Waals surface area contributed by atoms with Crippen LogP contribution in [0.5, 0.6) is 17.2 Å². The van der Waals surface area contributed by atoms with Crippen LogP contribution in [0.4, 0.5) is 11.4 Å². The zero-order valence-corrected chi connectivity index (χ0v) is 18.2. The number of carbonyl (C=O) groups is 2. The molecule has 1 aliphatic heterocycles. The van der Waals surface area contributed by atoms with Crippen LogP contribution in [0.3, 0.4) is 0 Å². The summed E-state index contributed by atoms with van der Waals surface area (Å²) in [4.78, 5) is 25.2. The zero-order valence-electron chi connectivity index (χ0n) is 17.4. The molecule has 11 heteroatoms. The lowest BCUT2D eigenvalue weighted by atomic mass is 10.1. The number of nitrogens with one attached hydrogen (secondary N) is 1. The summed E-state index contributed by atoms with van der Waals surface area (Å²) >= 11 is 0. The van der Waals surface area contributed by atoms with E-state index in [9.17, 15) is 18.0 Å². The Hall–Kier alpha value is -3.47. The van der Waals surface area contributed by atoms with Crippen molar-refractivity contribution in [2.24, 2.45) is 0 Å². The smallest absolute Gasteiger partial charge is 0.340 e. The van der Waals surface area contributed by atoms with Gasteiger partial charge in [0.2, 0.25) is 10.0 Å². The molecule has 1 atom stereocenters. The molecule has 1 unspecified atom stereocenters. The summed E-state index contributed by atoms with van der Waals surface area (Å²) in [6, 6.07) is 9.29. The molecule has 2 aromatic rings. The van der Waals surface area contributed by atoms with Crippen LogP contribution in [0, 0.1) is 0 Å². The average molecular weight is 450 g/mol. The van der Waals surface area contributed by atoms with Gasteiger partial charge in [0.1, 0.15) is 5.75 Å². The maximum Gasteiger partial charge on any atom is 0.340 e. The summed E-state index contributed by atoms with van der Waals surface area (Å²) in [6.45, 7) is -0.234. The van der Waals surface area contributed by atoms with Gasteiger partial charge in [0.05, 0.1) is 51.1 Å². The van der Waals surface area contributed by atoms with E-state index in [0.717, 1.165) is 10.6 Å². The van der Waals surface area contributed by atoms with Gasteiger partial charge in [-0.25, -0.2) is 13.2 Å². The van der Waals surface area contributed by atoms with Gasteiger partial charge in [-0.05, 0) is 12.1 Å².